The van der Waals surface area contributed by atoms with E-state index < -0.39 is 6.10 Å². The molecule has 0 aliphatic carbocycles. The summed E-state index contributed by atoms with van der Waals surface area (Å²) in [5, 5.41) is 15.2. The summed E-state index contributed by atoms with van der Waals surface area (Å²) in [7, 11) is 0. The molecule has 26 heavy (non-hydrogen) atoms. The van der Waals surface area contributed by atoms with Gasteiger partial charge in [0.25, 0.3) is 0 Å². The second-order valence-electron chi connectivity index (χ2n) is 6.41. The van der Waals surface area contributed by atoms with Crippen LogP contribution in [0.15, 0.2) is 48.1 Å². The Morgan fingerprint density at radius 2 is 2.12 bits per heavy atom. The number of aryl methyl sites for hydroxylation is 1. The highest BCUT2D eigenvalue weighted by Gasteiger charge is 2.23. The van der Waals surface area contributed by atoms with E-state index in [0.717, 1.165) is 35.6 Å². The minimum absolute atomic E-state index is 0.106. The number of benzene rings is 1. The van der Waals surface area contributed by atoms with Crippen molar-refractivity contribution in [1.29, 1.82) is 0 Å². The van der Waals surface area contributed by atoms with E-state index in [2.05, 4.69) is 10.1 Å². The van der Waals surface area contributed by atoms with E-state index in [4.69, 9.17) is 0 Å². The maximum absolute atomic E-state index is 12.6. The third-order valence-electron chi connectivity index (χ3n) is 4.59. The highest BCUT2D eigenvalue weighted by molar-refractivity contribution is 7.09. The fourth-order valence-corrected chi connectivity index (χ4v) is 3.81. The number of thiazole rings is 1. The third kappa shape index (κ3) is 3.54. The van der Waals surface area contributed by atoms with Crippen molar-refractivity contribution < 1.29 is 9.90 Å². The molecule has 6 nitrogen and oxygen atoms in total. The number of aliphatic hydroxyl groups is 1. The van der Waals surface area contributed by atoms with Crippen LogP contribution in [0.4, 0.5) is 0 Å². The van der Waals surface area contributed by atoms with Crippen LogP contribution in [0.25, 0.3) is 0 Å². The molecule has 0 spiro atoms. The van der Waals surface area contributed by atoms with Crippen LogP contribution in [-0.2, 0) is 24.3 Å². The molecule has 2 aromatic heterocycles. The molecule has 1 aromatic carbocycles. The second kappa shape index (κ2) is 7.39. The lowest BCUT2D eigenvalue weighted by Crippen LogP contribution is -2.31. The lowest BCUT2D eigenvalue weighted by atomic mass is 10.1. The van der Waals surface area contributed by atoms with Crippen LogP contribution in [-0.4, -0.2) is 37.2 Å². The Morgan fingerprint density at radius 3 is 2.88 bits per heavy atom. The molecule has 0 radical (unpaired) electrons. The van der Waals surface area contributed by atoms with Gasteiger partial charge in [0.05, 0.1) is 29.9 Å². The van der Waals surface area contributed by atoms with E-state index in [9.17, 15) is 9.90 Å². The van der Waals surface area contributed by atoms with Gasteiger partial charge in [0.15, 0.2) is 0 Å². The van der Waals surface area contributed by atoms with E-state index in [1.165, 1.54) is 11.3 Å². The lowest BCUT2D eigenvalue weighted by molar-refractivity contribution is -0.131. The SMILES string of the molecule is O=C(Cc1cncs1)N1CCCn2nc(C(O)c3ccccc3)cc2C1. The van der Waals surface area contributed by atoms with E-state index in [0.29, 0.717) is 18.7 Å². The van der Waals surface area contributed by atoms with Crippen molar-refractivity contribution in [1.82, 2.24) is 19.7 Å². The first-order chi connectivity index (χ1) is 12.7. The van der Waals surface area contributed by atoms with Crippen LogP contribution in [0, 0.1) is 0 Å². The predicted molar refractivity (Wildman–Crippen MR) is 98.6 cm³/mol. The van der Waals surface area contributed by atoms with Crippen molar-refractivity contribution in [2.24, 2.45) is 0 Å². The number of rotatable bonds is 4. The molecule has 3 aromatic rings. The largest absolute Gasteiger partial charge is 0.382 e. The zero-order valence-corrected chi connectivity index (χ0v) is 15.1. The van der Waals surface area contributed by atoms with E-state index in [1.807, 2.05) is 46.0 Å². The second-order valence-corrected chi connectivity index (χ2v) is 7.38. The summed E-state index contributed by atoms with van der Waals surface area (Å²) in [5.41, 5.74) is 4.16. The van der Waals surface area contributed by atoms with Crippen LogP contribution in [0.2, 0.25) is 0 Å². The molecule has 1 N–H and O–H groups in total. The normalized spacial score (nSPS) is 15.3. The van der Waals surface area contributed by atoms with E-state index in [-0.39, 0.29) is 5.91 Å². The van der Waals surface area contributed by atoms with Gasteiger partial charge in [-0.05, 0) is 18.1 Å². The molecule has 0 saturated heterocycles. The van der Waals surface area contributed by atoms with Crippen molar-refractivity contribution in [3.05, 3.63) is 69.9 Å². The standard InChI is InChI=1S/C19H20N4O2S/c24-18(10-16-11-20-13-26-16)22-7-4-8-23-15(12-22)9-17(21-23)19(25)14-5-2-1-3-6-14/h1-3,5-6,9,11,13,19,25H,4,7-8,10,12H2. The number of carbonyl (C=O) groups excluding carboxylic acids is 1. The Morgan fingerprint density at radius 1 is 1.27 bits per heavy atom. The lowest BCUT2D eigenvalue weighted by Gasteiger charge is -2.19. The zero-order chi connectivity index (χ0) is 17.9. The molecule has 134 valence electrons. The number of aliphatic hydroxyl groups excluding tert-OH is 1. The summed E-state index contributed by atoms with van der Waals surface area (Å²) < 4.78 is 1.92. The fourth-order valence-electron chi connectivity index (χ4n) is 3.23. The van der Waals surface area contributed by atoms with Crippen LogP contribution < -0.4 is 0 Å². The number of hydrogen-bond acceptors (Lipinski definition) is 5. The summed E-state index contributed by atoms with van der Waals surface area (Å²) in [6, 6.07) is 11.4. The minimum atomic E-state index is -0.753. The van der Waals surface area contributed by atoms with Gasteiger partial charge in [0, 0.05) is 24.2 Å². The van der Waals surface area contributed by atoms with Crippen molar-refractivity contribution in [3.8, 4) is 0 Å². The topological polar surface area (TPSA) is 71.2 Å². The van der Waals surface area contributed by atoms with E-state index in [1.54, 1.807) is 11.7 Å². The van der Waals surface area contributed by atoms with Gasteiger partial charge >= 0.3 is 0 Å². The molecule has 0 fully saturated rings. The highest BCUT2D eigenvalue weighted by Crippen LogP contribution is 2.23. The van der Waals surface area contributed by atoms with Gasteiger partial charge in [0.2, 0.25) is 5.91 Å². The summed E-state index contributed by atoms with van der Waals surface area (Å²) in [5.74, 6) is 0.106. The molecule has 3 heterocycles. The molecule has 4 rings (SSSR count). The molecule has 7 heteroatoms. The average Bonchev–Trinajstić information content (AvgIpc) is 3.27. The Hall–Kier alpha value is -2.51. The van der Waals surface area contributed by atoms with Gasteiger partial charge in [0.1, 0.15) is 6.10 Å². The fraction of sp³-hybridized carbons (Fsp3) is 0.316. The van der Waals surface area contributed by atoms with Gasteiger partial charge in [-0.3, -0.25) is 14.5 Å². The summed E-state index contributed by atoms with van der Waals surface area (Å²) in [4.78, 5) is 19.5. The van der Waals surface area contributed by atoms with Crippen molar-refractivity contribution in [2.45, 2.75) is 32.0 Å². The number of nitrogens with zero attached hydrogens (tertiary/aromatic N) is 4. The van der Waals surface area contributed by atoms with Gasteiger partial charge in [-0.1, -0.05) is 30.3 Å². The molecule has 1 amide bonds. The molecule has 1 aliphatic heterocycles. The molecule has 1 aliphatic rings. The maximum atomic E-state index is 12.6. The molecule has 0 bridgehead atoms. The highest BCUT2D eigenvalue weighted by atomic mass is 32.1. The Bertz CT molecular complexity index is 876. The van der Waals surface area contributed by atoms with Gasteiger partial charge in [-0.15, -0.1) is 11.3 Å². The average molecular weight is 368 g/mol. The Labute approximate surface area is 155 Å². The molecular formula is C19H20N4O2S. The first-order valence-corrected chi connectivity index (χ1v) is 9.53. The third-order valence-corrected chi connectivity index (χ3v) is 5.37. The van der Waals surface area contributed by atoms with Crippen molar-refractivity contribution in [3.63, 3.8) is 0 Å². The molecule has 1 unspecified atom stereocenters. The van der Waals surface area contributed by atoms with Crippen LogP contribution in [0.3, 0.4) is 0 Å². The minimum Gasteiger partial charge on any atom is -0.382 e. The van der Waals surface area contributed by atoms with Gasteiger partial charge in [-0.2, -0.15) is 5.10 Å². The first-order valence-electron chi connectivity index (χ1n) is 8.65. The van der Waals surface area contributed by atoms with Crippen molar-refractivity contribution >= 4 is 17.2 Å². The molecule has 0 saturated carbocycles. The van der Waals surface area contributed by atoms with Crippen molar-refractivity contribution in [2.75, 3.05) is 6.54 Å². The van der Waals surface area contributed by atoms with Crippen LogP contribution in [0.1, 0.15) is 34.4 Å². The quantitative estimate of drug-likeness (QED) is 0.768. The zero-order valence-electron chi connectivity index (χ0n) is 14.3. The van der Waals surface area contributed by atoms with Gasteiger partial charge < -0.3 is 10.0 Å². The molecule has 1 atom stereocenters. The predicted octanol–water partition coefficient (Wildman–Crippen LogP) is 2.40. The first kappa shape index (κ1) is 16.9. The summed E-state index contributed by atoms with van der Waals surface area (Å²) in [6.07, 6.45) is 2.23. The number of amides is 1. The summed E-state index contributed by atoms with van der Waals surface area (Å²) >= 11 is 1.50. The van der Waals surface area contributed by atoms with Crippen LogP contribution >= 0.6 is 11.3 Å². The van der Waals surface area contributed by atoms with Gasteiger partial charge in [-0.25, -0.2) is 0 Å². The monoisotopic (exact) mass is 368 g/mol. The van der Waals surface area contributed by atoms with Crippen LogP contribution in [0.5, 0.6) is 0 Å². The Balaban J connectivity index is 1.51. The number of carbonyl (C=O) groups is 1. The number of hydrogen-bond donors (Lipinski definition) is 1. The Kier molecular flexibility index (Phi) is 4.81. The number of fused-ring (bicyclic) bond motifs is 1. The number of aromatic nitrogens is 3. The summed E-state index contributed by atoms with van der Waals surface area (Å²) in [6.45, 7) is 1.99. The maximum Gasteiger partial charge on any atom is 0.228 e. The van der Waals surface area contributed by atoms with E-state index >= 15 is 0 Å². The smallest absolute Gasteiger partial charge is 0.228 e. The molecular weight excluding hydrogens is 348 g/mol.